The van der Waals surface area contributed by atoms with E-state index in [0.717, 1.165) is 23.7 Å². The van der Waals surface area contributed by atoms with E-state index in [1.54, 1.807) is 0 Å². The van der Waals surface area contributed by atoms with Gasteiger partial charge < -0.3 is 0 Å². The van der Waals surface area contributed by atoms with Crippen LogP contribution in [0.4, 0.5) is 0 Å². The predicted octanol–water partition coefficient (Wildman–Crippen LogP) is 5.64. The fourth-order valence-electron chi connectivity index (χ4n) is 3.70. The zero-order valence-corrected chi connectivity index (χ0v) is 12.2. The molecule has 1 aliphatic carbocycles. The van der Waals surface area contributed by atoms with Gasteiger partial charge in [0.15, 0.2) is 0 Å². The largest absolute Gasteiger partial charge is 0.0628 e. The van der Waals surface area contributed by atoms with E-state index in [1.807, 2.05) is 0 Å². The molecule has 0 heteroatoms. The highest BCUT2D eigenvalue weighted by Gasteiger charge is 2.27. The summed E-state index contributed by atoms with van der Waals surface area (Å²) in [5.41, 5.74) is 1.53. The molecule has 0 bridgehead atoms. The Bertz CT molecular complexity index is 338. The maximum atomic E-state index is 2.43. The van der Waals surface area contributed by atoms with E-state index in [1.165, 1.54) is 37.7 Å². The molecule has 1 saturated carbocycles. The van der Waals surface area contributed by atoms with Crippen LogP contribution in [0.15, 0.2) is 30.3 Å². The van der Waals surface area contributed by atoms with Crippen molar-refractivity contribution >= 4 is 0 Å². The standard InChI is InChI=1S/C18H28/c1-14(2)12-16-8-7-11-18(13-16)15(3)17-9-5-4-6-10-17/h4-6,9-10,14-16,18H,7-8,11-13H2,1-3H3. The van der Waals surface area contributed by atoms with Crippen LogP contribution in [-0.2, 0) is 0 Å². The van der Waals surface area contributed by atoms with Gasteiger partial charge >= 0.3 is 0 Å². The first-order chi connectivity index (χ1) is 8.66. The summed E-state index contributed by atoms with van der Waals surface area (Å²) in [5, 5.41) is 0. The van der Waals surface area contributed by atoms with Crippen LogP contribution >= 0.6 is 0 Å². The summed E-state index contributed by atoms with van der Waals surface area (Å²) < 4.78 is 0. The molecule has 100 valence electrons. The Morgan fingerprint density at radius 1 is 1.06 bits per heavy atom. The van der Waals surface area contributed by atoms with Gasteiger partial charge in [0, 0.05) is 0 Å². The fraction of sp³-hybridized carbons (Fsp3) is 0.667. The van der Waals surface area contributed by atoms with Crippen LogP contribution in [0.3, 0.4) is 0 Å². The first-order valence-corrected chi connectivity index (χ1v) is 7.71. The molecule has 1 aliphatic rings. The van der Waals surface area contributed by atoms with Crippen LogP contribution in [0.2, 0.25) is 0 Å². The quantitative estimate of drug-likeness (QED) is 0.642. The molecule has 0 nitrogen and oxygen atoms in total. The third-order valence-corrected chi connectivity index (χ3v) is 4.66. The molecule has 1 aromatic carbocycles. The summed E-state index contributed by atoms with van der Waals surface area (Å²) in [4.78, 5) is 0. The van der Waals surface area contributed by atoms with Crippen LogP contribution in [0.1, 0.15) is 64.4 Å². The maximum absolute atomic E-state index is 2.43. The Labute approximate surface area is 113 Å². The van der Waals surface area contributed by atoms with Gasteiger partial charge in [-0.2, -0.15) is 0 Å². The van der Waals surface area contributed by atoms with E-state index >= 15 is 0 Å². The maximum Gasteiger partial charge on any atom is -0.0162 e. The molecule has 0 aromatic heterocycles. The molecule has 3 atom stereocenters. The third kappa shape index (κ3) is 3.60. The lowest BCUT2D eigenvalue weighted by Crippen LogP contribution is -2.21. The molecule has 0 amide bonds. The Kier molecular flexibility index (Phi) is 4.86. The Morgan fingerprint density at radius 2 is 1.78 bits per heavy atom. The average Bonchev–Trinajstić information content (AvgIpc) is 2.38. The minimum atomic E-state index is 0.737. The van der Waals surface area contributed by atoms with Gasteiger partial charge in [0.25, 0.3) is 0 Å². The van der Waals surface area contributed by atoms with Gasteiger partial charge in [0.1, 0.15) is 0 Å². The van der Waals surface area contributed by atoms with Gasteiger partial charge in [0.2, 0.25) is 0 Å². The number of benzene rings is 1. The molecule has 0 aliphatic heterocycles. The highest BCUT2D eigenvalue weighted by atomic mass is 14.3. The smallest absolute Gasteiger partial charge is 0.0162 e. The second-order valence-electron chi connectivity index (χ2n) is 6.62. The first kappa shape index (κ1) is 13.6. The molecular weight excluding hydrogens is 216 g/mol. The van der Waals surface area contributed by atoms with E-state index in [9.17, 15) is 0 Å². The lowest BCUT2D eigenvalue weighted by Gasteiger charge is -2.34. The summed E-state index contributed by atoms with van der Waals surface area (Å²) in [6.45, 7) is 7.16. The Balaban J connectivity index is 1.96. The van der Waals surface area contributed by atoms with Crippen molar-refractivity contribution in [3.05, 3.63) is 35.9 Å². The zero-order chi connectivity index (χ0) is 13.0. The molecule has 1 fully saturated rings. The summed E-state index contributed by atoms with van der Waals surface area (Å²) in [6, 6.07) is 11.1. The van der Waals surface area contributed by atoms with Crippen LogP contribution in [0, 0.1) is 17.8 Å². The minimum Gasteiger partial charge on any atom is -0.0628 e. The van der Waals surface area contributed by atoms with Gasteiger partial charge in [-0.1, -0.05) is 63.9 Å². The third-order valence-electron chi connectivity index (χ3n) is 4.66. The second kappa shape index (κ2) is 6.41. The fourth-order valence-corrected chi connectivity index (χ4v) is 3.70. The van der Waals surface area contributed by atoms with E-state index in [0.29, 0.717) is 0 Å². The summed E-state index contributed by atoms with van der Waals surface area (Å²) in [7, 11) is 0. The van der Waals surface area contributed by atoms with Crippen molar-refractivity contribution in [3.63, 3.8) is 0 Å². The first-order valence-electron chi connectivity index (χ1n) is 7.71. The molecular formula is C18H28. The highest BCUT2D eigenvalue weighted by molar-refractivity contribution is 5.19. The van der Waals surface area contributed by atoms with Gasteiger partial charge in [-0.3, -0.25) is 0 Å². The van der Waals surface area contributed by atoms with Crippen molar-refractivity contribution in [2.24, 2.45) is 17.8 Å². The van der Waals surface area contributed by atoms with Crippen LogP contribution in [0.25, 0.3) is 0 Å². The predicted molar refractivity (Wildman–Crippen MR) is 79.8 cm³/mol. The lowest BCUT2D eigenvalue weighted by atomic mass is 9.72. The van der Waals surface area contributed by atoms with Crippen molar-refractivity contribution in [1.29, 1.82) is 0 Å². The van der Waals surface area contributed by atoms with Crippen LogP contribution in [0.5, 0.6) is 0 Å². The molecule has 0 radical (unpaired) electrons. The van der Waals surface area contributed by atoms with E-state index in [-0.39, 0.29) is 0 Å². The normalized spacial score (nSPS) is 26.2. The molecule has 18 heavy (non-hydrogen) atoms. The van der Waals surface area contributed by atoms with Gasteiger partial charge in [-0.05, 0) is 48.5 Å². The molecule has 0 spiro atoms. The van der Waals surface area contributed by atoms with Crippen LogP contribution < -0.4 is 0 Å². The van der Waals surface area contributed by atoms with Crippen molar-refractivity contribution in [1.82, 2.24) is 0 Å². The summed E-state index contributed by atoms with van der Waals surface area (Å²) >= 11 is 0. The summed E-state index contributed by atoms with van der Waals surface area (Å²) in [6.07, 6.45) is 7.23. The van der Waals surface area contributed by atoms with E-state index in [4.69, 9.17) is 0 Å². The van der Waals surface area contributed by atoms with Crippen LogP contribution in [-0.4, -0.2) is 0 Å². The molecule has 0 heterocycles. The van der Waals surface area contributed by atoms with E-state index < -0.39 is 0 Å². The highest BCUT2D eigenvalue weighted by Crippen LogP contribution is 2.40. The molecule has 0 saturated heterocycles. The molecule has 0 N–H and O–H groups in total. The monoisotopic (exact) mass is 244 g/mol. The lowest BCUT2D eigenvalue weighted by molar-refractivity contribution is 0.215. The zero-order valence-electron chi connectivity index (χ0n) is 12.2. The number of rotatable bonds is 4. The van der Waals surface area contributed by atoms with Gasteiger partial charge in [-0.15, -0.1) is 0 Å². The second-order valence-corrected chi connectivity index (χ2v) is 6.62. The van der Waals surface area contributed by atoms with Crippen molar-refractivity contribution in [2.45, 2.75) is 58.8 Å². The number of hydrogen-bond acceptors (Lipinski definition) is 0. The topological polar surface area (TPSA) is 0 Å². The summed E-state index contributed by atoms with van der Waals surface area (Å²) in [5.74, 6) is 3.49. The Morgan fingerprint density at radius 3 is 2.44 bits per heavy atom. The van der Waals surface area contributed by atoms with Crippen molar-refractivity contribution < 1.29 is 0 Å². The molecule has 3 unspecified atom stereocenters. The minimum absolute atomic E-state index is 0.737. The van der Waals surface area contributed by atoms with Gasteiger partial charge in [-0.25, -0.2) is 0 Å². The SMILES string of the molecule is CC(C)CC1CCCC(C(C)c2ccccc2)C1. The van der Waals surface area contributed by atoms with Crippen molar-refractivity contribution in [2.75, 3.05) is 0 Å². The molecule has 1 aromatic rings. The Hall–Kier alpha value is -0.780. The van der Waals surface area contributed by atoms with Gasteiger partial charge in [0.05, 0.1) is 0 Å². The molecule has 2 rings (SSSR count). The van der Waals surface area contributed by atoms with E-state index in [2.05, 4.69) is 51.1 Å². The number of hydrogen-bond donors (Lipinski definition) is 0. The average molecular weight is 244 g/mol. The van der Waals surface area contributed by atoms with Crippen molar-refractivity contribution in [3.8, 4) is 0 Å².